The summed E-state index contributed by atoms with van der Waals surface area (Å²) in [5, 5.41) is 5.25. The van der Waals surface area contributed by atoms with Crippen molar-refractivity contribution < 1.29 is 28.5 Å². The molecule has 1 aliphatic carbocycles. The standard InChI is InChI=1S/C21H39N3O6/c1-14(2)7-11-28-20(3,4)18-17(27-5)15(6-8-21(18)13-29-21)30-19(26)24-10-9-23-16(25)12-22/h14-15,17-18H,6-13,22H2,1-5H3,(H,23,25)(H,24,26)/t15?,17?,18?,21-/m0/s1. The molecule has 9 heteroatoms. The van der Waals surface area contributed by atoms with Crippen LogP contribution in [0.4, 0.5) is 4.79 Å². The number of nitrogens with two attached hydrogens (primary N) is 1. The third-order valence-electron chi connectivity index (χ3n) is 5.98. The average molecular weight is 430 g/mol. The minimum absolute atomic E-state index is 0.0578. The molecule has 2 rings (SSSR count). The van der Waals surface area contributed by atoms with E-state index in [9.17, 15) is 9.59 Å². The maximum atomic E-state index is 12.3. The number of amides is 2. The highest BCUT2D eigenvalue weighted by Gasteiger charge is 2.64. The molecule has 2 fully saturated rings. The Balaban J connectivity index is 1.96. The van der Waals surface area contributed by atoms with Gasteiger partial charge in [0, 0.05) is 32.7 Å². The van der Waals surface area contributed by atoms with Gasteiger partial charge >= 0.3 is 6.09 Å². The lowest BCUT2D eigenvalue weighted by Gasteiger charge is -2.47. The Morgan fingerprint density at radius 1 is 1.27 bits per heavy atom. The van der Waals surface area contributed by atoms with Gasteiger partial charge in [-0.2, -0.15) is 0 Å². The summed E-state index contributed by atoms with van der Waals surface area (Å²) in [6.07, 6.45) is 1.16. The number of alkyl carbamates (subject to hydrolysis) is 1. The van der Waals surface area contributed by atoms with Crippen molar-refractivity contribution in [2.75, 3.05) is 40.0 Å². The molecule has 0 radical (unpaired) electrons. The molecule has 174 valence electrons. The van der Waals surface area contributed by atoms with E-state index in [1.165, 1.54) is 0 Å². The highest BCUT2D eigenvalue weighted by Crippen LogP contribution is 2.52. The molecule has 30 heavy (non-hydrogen) atoms. The molecule has 9 nitrogen and oxygen atoms in total. The molecule has 2 amide bonds. The summed E-state index contributed by atoms with van der Waals surface area (Å²) in [6, 6.07) is 0. The Hall–Kier alpha value is -1.42. The van der Waals surface area contributed by atoms with Gasteiger partial charge in [0.15, 0.2) is 0 Å². The normalized spacial score (nSPS) is 28.4. The highest BCUT2D eigenvalue weighted by atomic mass is 16.6. The molecule has 1 saturated heterocycles. The molecule has 4 atom stereocenters. The molecule has 0 aromatic heterocycles. The quantitative estimate of drug-likeness (QED) is 0.333. The topological polar surface area (TPSA) is 124 Å². The van der Waals surface area contributed by atoms with Crippen molar-refractivity contribution >= 4 is 12.0 Å². The van der Waals surface area contributed by atoms with Crippen LogP contribution in [0.15, 0.2) is 0 Å². The maximum Gasteiger partial charge on any atom is 0.407 e. The van der Waals surface area contributed by atoms with Gasteiger partial charge in [0.1, 0.15) is 12.2 Å². The van der Waals surface area contributed by atoms with Crippen molar-refractivity contribution in [2.24, 2.45) is 17.6 Å². The third-order valence-corrected chi connectivity index (χ3v) is 5.98. The van der Waals surface area contributed by atoms with Crippen LogP contribution in [0, 0.1) is 11.8 Å². The molecule has 4 N–H and O–H groups in total. The van der Waals surface area contributed by atoms with Gasteiger partial charge in [-0.1, -0.05) is 13.8 Å². The van der Waals surface area contributed by atoms with Crippen molar-refractivity contribution in [3.8, 4) is 0 Å². The van der Waals surface area contributed by atoms with Crippen molar-refractivity contribution in [1.82, 2.24) is 10.6 Å². The summed E-state index contributed by atoms with van der Waals surface area (Å²) in [4.78, 5) is 23.4. The van der Waals surface area contributed by atoms with Crippen LogP contribution in [0.3, 0.4) is 0 Å². The summed E-state index contributed by atoms with van der Waals surface area (Å²) in [6.45, 7) is 10.3. The first-order valence-corrected chi connectivity index (χ1v) is 10.9. The molecule has 1 aliphatic heterocycles. The van der Waals surface area contributed by atoms with Crippen LogP contribution in [0.2, 0.25) is 0 Å². The molecular formula is C21H39N3O6. The second-order valence-corrected chi connectivity index (χ2v) is 9.13. The minimum Gasteiger partial charge on any atom is -0.443 e. The van der Waals surface area contributed by atoms with Crippen molar-refractivity contribution in [3.63, 3.8) is 0 Å². The Morgan fingerprint density at radius 2 is 1.93 bits per heavy atom. The summed E-state index contributed by atoms with van der Waals surface area (Å²) < 4.78 is 23.7. The van der Waals surface area contributed by atoms with E-state index in [0.717, 1.165) is 12.8 Å². The van der Waals surface area contributed by atoms with Gasteiger partial charge < -0.3 is 35.3 Å². The van der Waals surface area contributed by atoms with Crippen molar-refractivity contribution in [2.45, 2.75) is 70.4 Å². The predicted octanol–water partition coefficient (Wildman–Crippen LogP) is 1.19. The third kappa shape index (κ3) is 6.54. The van der Waals surface area contributed by atoms with Crippen LogP contribution in [-0.4, -0.2) is 75.4 Å². The van der Waals surface area contributed by atoms with E-state index in [-0.39, 0.29) is 36.6 Å². The van der Waals surface area contributed by atoms with Gasteiger partial charge in [-0.25, -0.2) is 4.79 Å². The van der Waals surface area contributed by atoms with Gasteiger partial charge in [0.25, 0.3) is 0 Å². The number of carbonyl (C=O) groups excluding carboxylic acids is 2. The van der Waals surface area contributed by atoms with Crippen molar-refractivity contribution in [1.29, 1.82) is 0 Å². The molecular weight excluding hydrogens is 390 g/mol. The maximum absolute atomic E-state index is 12.3. The van der Waals surface area contributed by atoms with Gasteiger partial charge in [-0.15, -0.1) is 0 Å². The van der Waals surface area contributed by atoms with E-state index in [4.69, 9.17) is 24.7 Å². The summed E-state index contributed by atoms with van der Waals surface area (Å²) in [7, 11) is 1.64. The molecule has 1 saturated carbocycles. The Kier molecular flexibility index (Phi) is 8.90. The van der Waals surface area contributed by atoms with Gasteiger partial charge in [-0.3, -0.25) is 4.79 Å². The van der Waals surface area contributed by atoms with E-state index in [1.54, 1.807) is 7.11 Å². The lowest BCUT2D eigenvalue weighted by molar-refractivity contribution is -0.176. The zero-order valence-electron chi connectivity index (χ0n) is 19.0. The van der Waals surface area contributed by atoms with Crippen LogP contribution in [-0.2, 0) is 23.7 Å². The van der Waals surface area contributed by atoms with E-state index in [1.807, 2.05) is 0 Å². The first kappa shape index (κ1) is 24.8. The van der Waals surface area contributed by atoms with E-state index >= 15 is 0 Å². The molecule has 1 heterocycles. The average Bonchev–Trinajstić information content (AvgIpc) is 3.45. The number of carbonyl (C=O) groups is 2. The summed E-state index contributed by atoms with van der Waals surface area (Å²) >= 11 is 0. The van der Waals surface area contributed by atoms with E-state index in [2.05, 4.69) is 38.3 Å². The van der Waals surface area contributed by atoms with Crippen LogP contribution in [0.25, 0.3) is 0 Å². The predicted molar refractivity (Wildman–Crippen MR) is 112 cm³/mol. The molecule has 0 aromatic rings. The fourth-order valence-electron chi connectivity index (χ4n) is 4.35. The Labute approximate surface area is 179 Å². The molecule has 0 aromatic carbocycles. The number of hydrogen-bond donors (Lipinski definition) is 3. The second kappa shape index (κ2) is 10.7. The highest BCUT2D eigenvalue weighted by molar-refractivity contribution is 5.77. The smallest absolute Gasteiger partial charge is 0.407 e. The molecule has 2 aliphatic rings. The second-order valence-electron chi connectivity index (χ2n) is 9.13. The molecule has 1 spiro atoms. The Morgan fingerprint density at radius 3 is 2.50 bits per heavy atom. The van der Waals surface area contributed by atoms with Gasteiger partial charge in [-0.05, 0) is 39.0 Å². The van der Waals surface area contributed by atoms with Crippen LogP contribution < -0.4 is 16.4 Å². The lowest BCUT2D eigenvalue weighted by atomic mass is 9.68. The SMILES string of the molecule is COC1C(OC(=O)NCCNC(=O)CN)CC[C@]2(CO2)C1C(C)(C)OCCC(C)C. The zero-order chi connectivity index (χ0) is 22.4. The van der Waals surface area contributed by atoms with Gasteiger partial charge in [0.2, 0.25) is 5.91 Å². The molecule has 0 bridgehead atoms. The van der Waals surface area contributed by atoms with E-state index < -0.39 is 17.8 Å². The summed E-state index contributed by atoms with van der Waals surface area (Å²) in [5.41, 5.74) is 4.47. The number of ether oxygens (including phenoxy) is 4. The number of methoxy groups -OCH3 is 1. The Bertz CT molecular complexity index is 579. The largest absolute Gasteiger partial charge is 0.443 e. The monoisotopic (exact) mass is 429 g/mol. The lowest BCUT2D eigenvalue weighted by Crippen LogP contribution is -2.59. The fourth-order valence-corrected chi connectivity index (χ4v) is 4.35. The number of rotatable bonds is 11. The minimum atomic E-state index is -0.533. The summed E-state index contributed by atoms with van der Waals surface area (Å²) in [5.74, 6) is 0.234. The van der Waals surface area contributed by atoms with Crippen LogP contribution in [0.5, 0.6) is 0 Å². The number of nitrogens with one attached hydrogen (secondary N) is 2. The van der Waals surface area contributed by atoms with Crippen molar-refractivity contribution in [3.05, 3.63) is 0 Å². The zero-order valence-corrected chi connectivity index (χ0v) is 19.0. The molecule has 3 unspecified atom stereocenters. The van der Waals surface area contributed by atoms with E-state index in [0.29, 0.717) is 32.1 Å². The first-order chi connectivity index (χ1) is 14.1. The first-order valence-electron chi connectivity index (χ1n) is 10.9. The van der Waals surface area contributed by atoms with Crippen LogP contribution in [0.1, 0.15) is 47.0 Å². The van der Waals surface area contributed by atoms with Gasteiger partial charge in [0.05, 0.1) is 24.4 Å². The number of epoxide rings is 1. The fraction of sp³-hybridized carbons (Fsp3) is 0.905. The number of hydrogen-bond acceptors (Lipinski definition) is 7. The van der Waals surface area contributed by atoms with Crippen LogP contribution >= 0.6 is 0 Å².